The van der Waals surface area contributed by atoms with Gasteiger partial charge in [0, 0.05) is 20.1 Å². The Morgan fingerprint density at radius 3 is 2.60 bits per heavy atom. The minimum absolute atomic E-state index is 0.211. The first-order valence-electron chi connectivity index (χ1n) is 6.67. The first kappa shape index (κ1) is 14.5. The van der Waals surface area contributed by atoms with Gasteiger partial charge in [-0.2, -0.15) is 4.99 Å². The van der Waals surface area contributed by atoms with Crippen molar-refractivity contribution in [2.75, 3.05) is 7.11 Å². The fourth-order valence-electron chi connectivity index (χ4n) is 2.26. The number of urea groups is 1. The van der Waals surface area contributed by atoms with Gasteiger partial charge in [-0.1, -0.05) is 30.3 Å². The summed E-state index contributed by atoms with van der Waals surface area (Å²) in [7, 11) is 1.66. The molecule has 5 nitrogen and oxygen atoms in total. The first-order chi connectivity index (χ1) is 9.43. The number of methoxy groups -OCH3 is 1. The van der Waals surface area contributed by atoms with Crippen LogP contribution in [0.15, 0.2) is 35.3 Å². The number of carbonyl (C=O) groups is 1. The number of rotatable bonds is 5. The molecule has 0 radical (unpaired) electrons. The maximum absolute atomic E-state index is 12.0. The molecule has 0 saturated heterocycles. The Bertz CT molecular complexity index is 511. The number of amides is 2. The standard InChI is InChI=1S/C15H21N3O2/c1-15(2,20-3)9-12-13(16)17-14(19)18(12)10-11-7-5-4-6-8-11/h4-8,12H,9-10H2,1-3H3,(H2,16,17,19). The fraction of sp³-hybridized carbons (Fsp3) is 0.467. The summed E-state index contributed by atoms with van der Waals surface area (Å²) >= 11 is 0. The molecule has 20 heavy (non-hydrogen) atoms. The zero-order valence-corrected chi connectivity index (χ0v) is 12.2. The number of ether oxygens (including phenoxy) is 1. The van der Waals surface area contributed by atoms with E-state index < -0.39 is 0 Å². The van der Waals surface area contributed by atoms with Crippen molar-refractivity contribution in [3.05, 3.63) is 35.9 Å². The van der Waals surface area contributed by atoms with Crippen LogP contribution in [0.5, 0.6) is 0 Å². The number of nitrogens with two attached hydrogens (primary N) is 1. The Morgan fingerprint density at radius 2 is 2.00 bits per heavy atom. The minimum atomic E-state index is -0.357. The van der Waals surface area contributed by atoms with E-state index in [1.54, 1.807) is 12.0 Å². The van der Waals surface area contributed by atoms with Gasteiger partial charge in [0.05, 0.1) is 11.6 Å². The number of amidine groups is 1. The SMILES string of the molecule is COC(C)(C)CC1C(N)=NC(=O)N1Cc1ccccc1. The fourth-order valence-corrected chi connectivity index (χ4v) is 2.26. The van der Waals surface area contributed by atoms with Gasteiger partial charge in [0.15, 0.2) is 0 Å². The summed E-state index contributed by atoms with van der Waals surface area (Å²) in [5.74, 6) is 0.371. The highest BCUT2D eigenvalue weighted by molar-refractivity contribution is 6.02. The number of benzene rings is 1. The second-order valence-electron chi connectivity index (χ2n) is 5.62. The number of nitrogens with zero attached hydrogens (tertiary/aromatic N) is 2. The summed E-state index contributed by atoms with van der Waals surface area (Å²) < 4.78 is 5.43. The molecule has 5 heteroatoms. The van der Waals surface area contributed by atoms with Crippen LogP contribution in [0.25, 0.3) is 0 Å². The van der Waals surface area contributed by atoms with Crippen LogP contribution in [0.1, 0.15) is 25.8 Å². The maximum Gasteiger partial charge on any atom is 0.346 e. The molecule has 0 aromatic heterocycles. The molecule has 2 N–H and O–H groups in total. The number of carbonyl (C=O) groups excluding carboxylic acids is 1. The highest BCUT2D eigenvalue weighted by Crippen LogP contribution is 2.24. The lowest BCUT2D eigenvalue weighted by molar-refractivity contribution is 0.00484. The van der Waals surface area contributed by atoms with Crippen LogP contribution in [0.4, 0.5) is 4.79 Å². The molecule has 0 bridgehead atoms. The molecule has 1 heterocycles. The summed E-state index contributed by atoms with van der Waals surface area (Å²) in [6.07, 6.45) is 0.622. The molecular formula is C15H21N3O2. The summed E-state index contributed by atoms with van der Waals surface area (Å²) in [6.45, 7) is 4.46. The van der Waals surface area contributed by atoms with Crippen molar-refractivity contribution in [2.24, 2.45) is 10.7 Å². The van der Waals surface area contributed by atoms with E-state index >= 15 is 0 Å². The summed E-state index contributed by atoms with van der Waals surface area (Å²) in [6, 6.07) is 9.34. The van der Waals surface area contributed by atoms with Gasteiger partial charge in [-0.15, -0.1) is 0 Å². The predicted octanol–water partition coefficient (Wildman–Crippen LogP) is 2.16. The molecule has 0 fully saturated rings. The van der Waals surface area contributed by atoms with Crippen LogP contribution < -0.4 is 5.73 Å². The van der Waals surface area contributed by atoms with E-state index in [2.05, 4.69) is 4.99 Å². The van der Waals surface area contributed by atoms with Crippen molar-refractivity contribution < 1.29 is 9.53 Å². The van der Waals surface area contributed by atoms with Gasteiger partial charge < -0.3 is 15.4 Å². The lowest BCUT2D eigenvalue weighted by Crippen LogP contribution is -2.45. The van der Waals surface area contributed by atoms with E-state index in [4.69, 9.17) is 10.5 Å². The van der Waals surface area contributed by atoms with Gasteiger partial charge in [0.1, 0.15) is 5.84 Å². The van der Waals surface area contributed by atoms with E-state index in [9.17, 15) is 4.79 Å². The average Bonchev–Trinajstić information content (AvgIpc) is 2.67. The van der Waals surface area contributed by atoms with Gasteiger partial charge in [0.2, 0.25) is 0 Å². The van der Waals surface area contributed by atoms with Crippen molar-refractivity contribution in [2.45, 2.75) is 38.5 Å². The first-order valence-corrected chi connectivity index (χ1v) is 6.67. The van der Waals surface area contributed by atoms with Crippen molar-refractivity contribution in [1.29, 1.82) is 0 Å². The zero-order valence-electron chi connectivity index (χ0n) is 12.2. The molecule has 1 aromatic carbocycles. The van der Waals surface area contributed by atoms with E-state index in [1.807, 2.05) is 44.2 Å². The Morgan fingerprint density at radius 1 is 1.35 bits per heavy atom. The quantitative estimate of drug-likeness (QED) is 0.895. The second kappa shape index (κ2) is 5.63. The molecular weight excluding hydrogens is 254 g/mol. The van der Waals surface area contributed by atoms with Crippen LogP contribution in [0.2, 0.25) is 0 Å². The van der Waals surface area contributed by atoms with Crippen molar-refractivity contribution in [3.63, 3.8) is 0 Å². The Kier molecular flexibility index (Phi) is 4.09. The smallest absolute Gasteiger partial charge is 0.346 e. The van der Waals surface area contributed by atoms with Crippen LogP contribution in [0.3, 0.4) is 0 Å². The molecule has 1 atom stereocenters. The third-order valence-electron chi connectivity index (χ3n) is 3.62. The number of hydrogen-bond donors (Lipinski definition) is 1. The molecule has 1 aromatic rings. The van der Waals surface area contributed by atoms with Crippen molar-refractivity contribution in [3.8, 4) is 0 Å². The molecule has 0 aliphatic carbocycles. The van der Waals surface area contributed by atoms with E-state index in [0.29, 0.717) is 18.8 Å². The van der Waals surface area contributed by atoms with Crippen LogP contribution >= 0.6 is 0 Å². The highest BCUT2D eigenvalue weighted by Gasteiger charge is 2.37. The van der Waals surface area contributed by atoms with E-state index in [0.717, 1.165) is 5.56 Å². The van der Waals surface area contributed by atoms with E-state index in [1.165, 1.54) is 0 Å². The average molecular weight is 275 g/mol. The van der Waals surface area contributed by atoms with Gasteiger partial charge in [-0.3, -0.25) is 0 Å². The lowest BCUT2D eigenvalue weighted by Gasteiger charge is -2.31. The molecule has 0 saturated carbocycles. The van der Waals surface area contributed by atoms with Gasteiger partial charge in [-0.25, -0.2) is 4.79 Å². The topological polar surface area (TPSA) is 67.9 Å². The van der Waals surface area contributed by atoms with E-state index in [-0.39, 0.29) is 17.7 Å². The molecule has 1 aliphatic rings. The monoisotopic (exact) mass is 275 g/mol. The molecule has 2 amide bonds. The number of aliphatic imine (C=N–C) groups is 1. The third kappa shape index (κ3) is 3.17. The Labute approximate surface area is 119 Å². The van der Waals surface area contributed by atoms with Crippen LogP contribution in [-0.4, -0.2) is 35.5 Å². The number of hydrogen-bond acceptors (Lipinski definition) is 3. The molecule has 1 unspecified atom stereocenters. The van der Waals surface area contributed by atoms with Crippen molar-refractivity contribution in [1.82, 2.24) is 4.90 Å². The van der Waals surface area contributed by atoms with Gasteiger partial charge >= 0.3 is 6.03 Å². The zero-order chi connectivity index (χ0) is 14.8. The normalized spacial score (nSPS) is 19.4. The predicted molar refractivity (Wildman–Crippen MR) is 78.5 cm³/mol. The minimum Gasteiger partial charge on any atom is -0.385 e. The molecule has 2 rings (SSSR count). The van der Waals surface area contributed by atoms with Crippen molar-refractivity contribution >= 4 is 11.9 Å². The molecule has 108 valence electrons. The lowest BCUT2D eigenvalue weighted by atomic mass is 9.97. The largest absolute Gasteiger partial charge is 0.385 e. The maximum atomic E-state index is 12.0. The van der Waals surface area contributed by atoms with Crippen LogP contribution in [-0.2, 0) is 11.3 Å². The van der Waals surface area contributed by atoms with Crippen LogP contribution in [0, 0.1) is 0 Å². The summed E-state index contributed by atoms with van der Waals surface area (Å²) in [5.41, 5.74) is 6.61. The highest BCUT2D eigenvalue weighted by atomic mass is 16.5. The summed E-state index contributed by atoms with van der Waals surface area (Å²) in [4.78, 5) is 17.6. The Hall–Kier alpha value is -1.88. The molecule has 0 spiro atoms. The summed E-state index contributed by atoms with van der Waals surface area (Å²) in [5, 5.41) is 0. The third-order valence-corrected chi connectivity index (χ3v) is 3.62. The van der Waals surface area contributed by atoms with Gasteiger partial charge in [0.25, 0.3) is 0 Å². The Balaban J connectivity index is 2.15. The van der Waals surface area contributed by atoms with Gasteiger partial charge in [-0.05, 0) is 19.4 Å². The second-order valence-corrected chi connectivity index (χ2v) is 5.62. The molecule has 1 aliphatic heterocycles.